The SMILES string of the molecule is COc1cccc2c1sc1cc3c(=O)n(-c4ccccc4)c(=O)c4cc5c(cc4c3cc12)c1ncccc1n5-c1ccccc1.O=c1c2cc3c(cc2c2cc4c(cc2c(=O)n1-c1ccccn1)c1ccccc1n4-c1ccccc1)c1ncccc1n3-c1ccccc1.O=c1c2cc3c(cc2c2cc4c5cnccc5n(-c5ccccc5)c4cc2c(=O)n1-c1ccccc1)sc1cccc(-c2ccccc2)c13. The Morgan fingerprint density at radius 2 is 0.587 bits per heavy atom. The van der Waals surface area contributed by atoms with Crippen LogP contribution in [-0.2, 0) is 0 Å². The topological polar surface area (TPSA) is 198 Å². The van der Waals surface area contributed by atoms with E-state index in [-0.39, 0.29) is 28.1 Å². The highest BCUT2D eigenvalue weighted by atomic mass is 32.1. The average molecular weight is 1880 g/mol. The molecule has 0 amide bonds. The molecule has 0 unspecified atom stereocenters. The van der Waals surface area contributed by atoms with Gasteiger partial charge < -0.3 is 23.0 Å². The van der Waals surface area contributed by atoms with E-state index in [0.717, 1.165) is 184 Å². The van der Waals surface area contributed by atoms with Crippen LogP contribution in [0.15, 0.2) is 454 Å². The molecule has 0 N–H and O–H groups in total. The number of para-hydroxylation sites is 7. The number of benzene rings is 16. The molecule has 0 aliphatic heterocycles. The van der Waals surface area contributed by atoms with E-state index < -0.39 is 11.1 Å². The minimum atomic E-state index is -0.435. The number of pyridine rings is 4. The highest BCUT2D eigenvalue weighted by Crippen LogP contribution is 2.47. The van der Waals surface area contributed by atoms with Gasteiger partial charge in [-0.25, -0.2) is 18.7 Å². The lowest BCUT2D eigenvalue weighted by molar-refractivity contribution is 0.420. The molecule has 0 bridgehead atoms. The van der Waals surface area contributed by atoms with Crippen molar-refractivity contribution >= 4 is 215 Å². The zero-order valence-electron chi connectivity index (χ0n) is 76.0. The van der Waals surface area contributed by atoms with Gasteiger partial charge in [0.15, 0.2) is 0 Å². The van der Waals surface area contributed by atoms with Crippen LogP contribution in [0.3, 0.4) is 0 Å². The Labute approximate surface area is 817 Å². The van der Waals surface area contributed by atoms with Crippen molar-refractivity contribution in [1.82, 2.24) is 51.9 Å². The Morgan fingerprint density at radius 3 is 1.10 bits per heavy atom. The predicted molar refractivity (Wildman–Crippen MR) is 586 cm³/mol. The number of hydrogen-bond donors (Lipinski definition) is 0. The van der Waals surface area contributed by atoms with Crippen molar-refractivity contribution in [3.63, 3.8) is 0 Å². The fourth-order valence-corrected chi connectivity index (χ4v) is 23.9. The Morgan fingerprint density at radius 1 is 0.224 bits per heavy atom. The molecule has 0 aliphatic rings. The lowest BCUT2D eigenvalue weighted by atomic mass is 9.98. The molecule has 0 saturated carbocycles. The first-order chi connectivity index (χ1) is 70.4. The van der Waals surface area contributed by atoms with E-state index in [1.165, 1.54) is 13.7 Å². The summed E-state index contributed by atoms with van der Waals surface area (Å²) in [6.07, 6.45) is 8.85. The monoisotopic (exact) mass is 1880 g/mol. The van der Waals surface area contributed by atoms with E-state index >= 15 is 0 Å². The molecule has 143 heavy (non-hydrogen) atoms. The summed E-state index contributed by atoms with van der Waals surface area (Å²) in [4.78, 5) is 107. The summed E-state index contributed by atoms with van der Waals surface area (Å²) in [6, 6.07) is 129. The van der Waals surface area contributed by atoms with Gasteiger partial charge in [0.25, 0.3) is 33.4 Å². The molecule has 16 aromatic carbocycles. The normalized spacial score (nSPS) is 11.8. The summed E-state index contributed by atoms with van der Waals surface area (Å²) in [7, 11) is 1.67. The molecule has 13 heterocycles. The fraction of sp³-hybridized carbons (Fsp3) is 0.00813. The van der Waals surface area contributed by atoms with Crippen LogP contribution in [0.2, 0.25) is 0 Å². The van der Waals surface area contributed by atoms with E-state index in [0.29, 0.717) is 59.9 Å². The number of fused-ring (bicyclic) bond motifs is 27. The lowest BCUT2D eigenvalue weighted by Crippen LogP contribution is -2.29. The first-order valence-electron chi connectivity index (χ1n) is 46.8. The summed E-state index contributed by atoms with van der Waals surface area (Å²) < 4.78 is 22.4. The Balaban J connectivity index is 0.000000107. The standard InChI is InChI=1S/C43H25N3O2S.C42H25N5O2.C38H23N3O3S/c47-42-33-22-35-40(49-39-18-10-17-29(41(35)39)26-11-4-1-5-12-26)24-31(33)30-21-32-36-25-44-20-19-37(36)45(27-13-6-2-7-14-27)38(32)23-34(30)43(48)46(42)28-15-8-3-9-16-28;48-41-32-23-31-28-16-7-8-17-35(28)45(26-12-3-1-4-13-26)37(31)24-30(32)29-22-34-38(25-33(29)42(49)47(41)39-19-9-10-20-43-39)46(27-14-5-2-6-15-27)36-18-11-21-44-40(34)36;1-44-33-16-8-14-24-27-18-25-26-19-30-32(40(22-10-4-2-5-11-22)31-15-9-17-39-35(30)31)20-28(26)37(42)41(23-12-6-3-7-13-23)38(43)29(25)21-34(27)45-36(24)33/h2*1-25H;2-21H,1H3. The van der Waals surface area contributed by atoms with Crippen LogP contribution in [-0.4, -0.2) is 59.0 Å². The quantitative estimate of drug-likeness (QED) is 0.133. The van der Waals surface area contributed by atoms with Crippen molar-refractivity contribution in [2.45, 2.75) is 0 Å². The molecule has 29 aromatic rings. The second kappa shape index (κ2) is 33.1. The molecule has 18 nitrogen and oxygen atoms in total. The highest BCUT2D eigenvalue weighted by Gasteiger charge is 2.28. The molecule has 674 valence electrons. The average Bonchev–Trinajstić information content (AvgIpc) is 1.55. The van der Waals surface area contributed by atoms with E-state index in [2.05, 4.69) is 125 Å². The number of methoxy groups -OCH3 is 1. The Hall–Kier alpha value is -19.0. The van der Waals surface area contributed by atoms with Crippen molar-refractivity contribution in [1.29, 1.82) is 0 Å². The van der Waals surface area contributed by atoms with Crippen LogP contribution >= 0.6 is 22.7 Å². The molecule has 0 aliphatic carbocycles. The van der Waals surface area contributed by atoms with Gasteiger partial charge in [0, 0.05) is 138 Å². The fourth-order valence-electron chi connectivity index (χ4n) is 21.5. The lowest BCUT2D eigenvalue weighted by Gasteiger charge is -2.08. The molecule has 20 heteroatoms. The van der Waals surface area contributed by atoms with Gasteiger partial charge >= 0.3 is 0 Å². The molecule has 0 spiro atoms. The summed E-state index contributed by atoms with van der Waals surface area (Å²) >= 11 is 3.29. The largest absolute Gasteiger partial charge is 0.495 e. The Kier molecular flexibility index (Phi) is 19.3. The summed E-state index contributed by atoms with van der Waals surface area (Å²) in [6.45, 7) is 0. The van der Waals surface area contributed by atoms with Gasteiger partial charge in [-0.15, -0.1) is 22.7 Å². The third kappa shape index (κ3) is 13.1. The van der Waals surface area contributed by atoms with Gasteiger partial charge in [-0.05, 0) is 250 Å². The maximum Gasteiger partial charge on any atom is 0.267 e. The number of aromatic nitrogens is 11. The van der Waals surface area contributed by atoms with Crippen LogP contribution in [0.25, 0.3) is 244 Å². The summed E-state index contributed by atoms with van der Waals surface area (Å²) in [5.74, 6) is 1.06. The van der Waals surface area contributed by atoms with Gasteiger partial charge in [-0.3, -0.25) is 43.7 Å². The van der Waals surface area contributed by atoms with Gasteiger partial charge in [0.2, 0.25) is 0 Å². The van der Waals surface area contributed by atoms with Crippen LogP contribution < -0.4 is 38.1 Å². The molecule has 13 aromatic heterocycles. The van der Waals surface area contributed by atoms with Crippen LogP contribution in [0.4, 0.5) is 0 Å². The van der Waals surface area contributed by atoms with Crippen molar-refractivity contribution < 1.29 is 4.74 Å². The molecule has 0 radical (unpaired) electrons. The summed E-state index contributed by atoms with van der Waals surface area (Å²) in [5.41, 5.74) is 13.9. The minimum Gasteiger partial charge on any atom is -0.495 e. The summed E-state index contributed by atoms with van der Waals surface area (Å²) in [5, 5.41) is 16.8. The zero-order chi connectivity index (χ0) is 95.5. The number of ether oxygens (including phenoxy) is 1. The van der Waals surface area contributed by atoms with Crippen LogP contribution in [0.5, 0.6) is 5.75 Å². The van der Waals surface area contributed by atoms with E-state index in [4.69, 9.17) is 14.7 Å². The molecule has 0 saturated heterocycles. The van der Waals surface area contributed by atoms with Crippen molar-refractivity contribution in [3.8, 4) is 56.8 Å². The molecular weight excluding hydrogens is 1810 g/mol. The third-order valence-corrected chi connectivity index (χ3v) is 30.1. The van der Waals surface area contributed by atoms with Crippen molar-refractivity contribution in [3.05, 3.63) is 487 Å². The van der Waals surface area contributed by atoms with Gasteiger partial charge in [0.1, 0.15) is 11.6 Å². The minimum absolute atomic E-state index is 0.272. The molecular formula is C123H73N11O7S2. The first kappa shape index (κ1) is 83.4. The molecule has 0 fully saturated rings. The van der Waals surface area contributed by atoms with E-state index in [1.807, 2.05) is 273 Å². The number of rotatable bonds is 9. The number of hydrogen-bond acceptors (Lipinski definition) is 13. The first-order valence-corrected chi connectivity index (χ1v) is 48.4. The second-order valence-corrected chi connectivity index (χ2v) is 37.7. The van der Waals surface area contributed by atoms with Gasteiger partial charge in [-0.1, -0.05) is 188 Å². The van der Waals surface area contributed by atoms with Crippen molar-refractivity contribution in [2.75, 3.05) is 7.11 Å². The smallest absolute Gasteiger partial charge is 0.267 e. The van der Waals surface area contributed by atoms with Crippen LogP contribution in [0.1, 0.15) is 0 Å². The maximum absolute atomic E-state index is 14.8. The third-order valence-electron chi connectivity index (χ3n) is 27.8. The maximum atomic E-state index is 14.8. The Bertz CT molecular complexity index is 10800. The highest BCUT2D eigenvalue weighted by molar-refractivity contribution is 7.26. The van der Waals surface area contributed by atoms with Crippen molar-refractivity contribution in [2.24, 2.45) is 0 Å². The second-order valence-electron chi connectivity index (χ2n) is 35.6. The van der Waals surface area contributed by atoms with Crippen LogP contribution in [0, 0.1) is 0 Å². The zero-order valence-corrected chi connectivity index (χ0v) is 77.6. The molecule has 0 atom stereocenters. The number of nitrogens with zero attached hydrogens (tertiary/aromatic N) is 11. The predicted octanol–water partition coefficient (Wildman–Crippen LogP) is 26.9. The van der Waals surface area contributed by atoms with Gasteiger partial charge in [-0.2, -0.15) is 0 Å². The van der Waals surface area contributed by atoms with Gasteiger partial charge in [0.05, 0.1) is 94.5 Å². The molecule has 29 rings (SSSR count). The van der Waals surface area contributed by atoms with E-state index in [1.54, 1.807) is 84.9 Å². The number of thiophene rings is 2. The van der Waals surface area contributed by atoms with E-state index in [9.17, 15) is 28.8 Å².